The van der Waals surface area contributed by atoms with Gasteiger partial charge in [0.1, 0.15) is 5.69 Å². The summed E-state index contributed by atoms with van der Waals surface area (Å²) in [5.74, 6) is 0.172. The third kappa shape index (κ3) is 2.41. The fourth-order valence-corrected chi connectivity index (χ4v) is 3.07. The average Bonchev–Trinajstić information content (AvgIpc) is 2.85. The van der Waals surface area contributed by atoms with Gasteiger partial charge >= 0.3 is 0 Å². The van der Waals surface area contributed by atoms with E-state index < -0.39 is 0 Å². The van der Waals surface area contributed by atoms with Crippen molar-refractivity contribution in [3.05, 3.63) is 24.0 Å². The van der Waals surface area contributed by atoms with Crippen molar-refractivity contribution < 1.29 is 4.79 Å². The highest BCUT2D eigenvalue weighted by Gasteiger charge is 2.27. The molecule has 0 bridgehead atoms. The number of rotatable bonds is 3. The van der Waals surface area contributed by atoms with Crippen molar-refractivity contribution in [1.29, 1.82) is 0 Å². The van der Waals surface area contributed by atoms with Gasteiger partial charge in [0.25, 0.3) is 5.91 Å². The number of aromatic nitrogens is 1. The molecule has 2 fully saturated rings. The van der Waals surface area contributed by atoms with Crippen LogP contribution in [0.1, 0.15) is 48.6 Å². The number of likely N-dealkylation sites (N-methyl/N-ethyl adjacent to an activating group) is 1. The number of nitrogens with zero attached hydrogens (tertiary/aromatic N) is 2. The second-order valence-corrected chi connectivity index (χ2v) is 5.80. The Hall–Kier alpha value is -1.29. The van der Waals surface area contributed by atoms with Crippen molar-refractivity contribution >= 4 is 5.91 Å². The molecule has 0 spiro atoms. The van der Waals surface area contributed by atoms with Crippen LogP contribution in [0.15, 0.2) is 18.3 Å². The third-order valence-corrected chi connectivity index (χ3v) is 4.61. The minimum absolute atomic E-state index is 0.172. The van der Waals surface area contributed by atoms with Crippen molar-refractivity contribution in [3.63, 3.8) is 0 Å². The molecule has 4 nitrogen and oxygen atoms in total. The Morgan fingerprint density at radius 3 is 2.84 bits per heavy atom. The fourth-order valence-electron chi connectivity index (χ4n) is 3.07. The molecule has 1 aliphatic carbocycles. The highest BCUT2D eigenvalue weighted by Crippen LogP contribution is 2.33. The Kier molecular flexibility index (Phi) is 3.60. The van der Waals surface area contributed by atoms with Gasteiger partial charge in [-0.1, -0.05) is 0 Å². The van der Waals surface area contributed by atoms with Gasteiger partial charge in [0.05, 0.1) is 0 Å². The van der Waals surface area contributed by atoms with Crippen LogP contribution in [0.25, 0.3) is 0 Å². The second-order valence-electron chi connectivity index (χ2n) is 5.80. The third-order valence-electron chi connectivity index (χ3n) is 4.61. The van der Waals surface area contributed by atoms with E-state index in [1.165, 1.54) is 19.3 Å². The van der Waals surface area contributed by atoms with Crippen LogP contribution in [0.2, 0.25) is 0 Å². The lowest BCUT2D eigenvalue weighted by atomic mass is 9.92. The van der Waals surface area contributed by atoms with Crippen LogP contribution >= 0.6 is 0 Å². The maximum Gasteiger partial charge on any atom is 0.270 e. The van der Waals surface area contributed by atoms with Crippen molar-refractivity contribution in [2.75, 3.05) is 20.1 Å². The van der Waals surface area contributed by atoms with Gasteiger partial charge in [0, 0.05) is 31.9 Å². The predicted octanol–water partition coefficient (Wildman–Crippen LogP) is 2.04. The topological polar surface area (TPSA) is 37.3 Å². The molecule has 4 heteroatoms. The van der Waals surface area contributed by atoms with Crippen LogP contribution in [-0.4, -0.2) is 41.6 Å². The molecule has 3 rings (SSSR count). The summed E-state index contributed by atoms with van der Waals surface area (Å²) in [5.41, 5.74) is 0.859. The highest BCUT2D eigenvalue weighted by atomic mass is 16.2. The predicted molar refractivity (Wildman–Crippen MR) is 75.3 cm³/mol. The van der Waals surface area contributed by atoms with Crippen molar-refractivity contribution in [2.24, 2.45) is 0 Å². The molecule has 1 amide bonds. The van der Waals surface area contributed by atoms with Gasteiger partial charge in [-0.2, -0.15) is 0 Å². The lowest BCUT2D eigenvalue weighted by Crippen LogP contribution is -2.47. The van der Waals surface area contributed by atoms with Crippen molar-refractivity contribution in [3.8, 4) is 0 Å². The summed E-state index contributed by atoms with van der Waals surface area (Å²) in [6.45, 7) is 2.00. The summed E-state index contributed by atoms with van der Waals surface area (Å²) in [5, 5.41) is 3.37. The van der Waals surface area contributed by atoms with Crippen LogP contribution in [-0.2, 0) is 0 Å². The van der Waals surface area contributed by atoms with Crippen LogP contribution in [0, 0.1) is 0 Å². The summed E-state index contributed by atoms with van der Waals surface area (Å²) in [4.78, 5) is 14.6. The lowest BCUT2D eigenvalue weighted by Gasteiger charge is -2.34. The van der Waals surface area contributed by atoms with Crippen LogP contribution in [0.3, 0.4) is 0 Å². The van der Waals surface area contributed by atoms with Gasteiger partial charge in [-0.15, -0.1) is 0 Å². The Morgan fingerprint density at radius 1 is 1.37 bits per heavy atom. The maximum absolute atomic E-state index is 12.6. The monoisotopic (exact) mass is 261 g/mol. The Labute approximate surface area is 114 Å². The van der Waals surface area contributed by atoms with Gasteiger partial charge in [-0.3, -0.25) is 4.79 Å². The number of nitrogens with one attached hydrogen (secondary N) is 1. The summed E-state index contributed by atoms with van der Waals surface area (Å²) in [6.07, 6.45) is 8.04. The standard InChI is InChI=1S/C15H23N3O/c1-17(13-7-3-9-16-11-13)15(19)14-8-4-10-18(14)12-5-2-6-12/h4,8,10,12-13,16H,2-3,5-7,9,11H2,1H3. The normalized spacial score (nSPS) is 23.9. The fraction of sp³-hybridized carbons (Fsp3) is 0.667. The molecule has 1 unspecified atom stereocenters. The number of carbonyl (C=O) groups excluding carboxylic acids is 1. The van der Waals surface area contributed by atoms with Gasteiger partial charge in [-0.05, 0) is 50.8 Å². The van der Waals surface area contributed by atoms with E-state index in [4.69, 9.17) is 0 Å². The summed E-state index contributed by atoms with van der Waals surface area (Å²) in [7, 11) is 1.94. The van der Waals surface area contributed by atoms with E-state index in [-0.39, 0.29) is 5.91 Å². The molecule has 0 radical (unpaired) electrons. The molecule has 0 aromatic carbocycles. The molecule has 1 aromatic heterocycles. The molecule has 1 saturated carbocycles. The van der Waals surface area contributed by atoms with Gasteiger partial charge in [0.2, 0.25) is 0 Å². The quantitative estimate of drug-likeness (QED) is 0.904. The summed E-state index contributed by atoms with van der Waals surface area (Å²) in [6, 6.07) is 4.85. The molecular formula is C15H23N3O. The molecule has 1 saturated heterocycles. The number of amides is 1. The first-order valence-corrected chi connectivity index (χ1v) is 7.42. The maximum atomic E-state index is 12.6. The van der Waals surface area contributed by atoms with Gasteiger partial charge in [0.15, 0.2) is 0 Å². The van der Waals surface area contributed by atoms with Crippen molar-refractivity contribution in [1.82, 2.24) is 14.8 Å². The van der Waals surface area contributed by atoms with Crippen LogP contribution < -0.4 is 5.32 Å². The highest BCUT2D eigenvalue weighted by molar-refractivity contribution is 5.93. The first-order valence-electron chi connectivity index (χ1n) is 7.42. The van der Waals surface area contributed by atoms with Crippen LogP contribution in [0.4, 0.5) is 0 Å². The van der Waals surface area contributed by atoms with Crippen molar-refractivity contribution in [2.45, 2.75) is 44.2 Å². The van der Waals surface area contributed by atoms with E-state index in [2.05, 4.69) is 16.1 Å². The molecule has 2 aliphatic rings. The van der Waals surface area contributed by atoms with E-state index in [0.717, 1.165) is 31.6 Å². The zero-order valence-corrected chi connectivity index (χ0v) is 11.6. The van der Waals surface area contributed by atoms with E-state index in [9.17, 15) is 4.79 Å². The minimum atomic E-state index is 0.172. The Morgan fingerprint density at radius 2 is 2.21 bits per heavy atom. The van der Waals surface area contributed by atoms with Gasteiger partial charge in [-0.25, -0.2) is 0 Å². The molecule has 2 heterocycles. The van der Waals surface area contributed by atoms with E-state index in [1.54, 1.807) is 0 Å². The number of hydrogen-bond donors (Lipinski definition) is 1. The average molecular weight is 261 g/mol. The molecule has 1 aliphatic heterocycles. The molecule has 1 atom stereocenters. The lowest BCUT2D eigenvalue weighted by molar-refractivity contribution is 0.0691. The van der Waals surface area contributed by atoms with E-state index in [0.29, 0.717) is 12.1 Å². The molecule has 1 aromatic rings. The number of piperidine rings is 1. The number of hydrogen-bond acceptors (Lipinski definition) is 2. The molecule has 1 N–H and O–H groups in total. The zero-order chi connectivity index (χ0) is 13.2. The zero-order valence-electron chi connectivity index (χ0n) is 11.6. The molecular weight excluding hydrogens is 238 g/mol. The summed E-state index contributed by atoms with van der Waals surface area (Å²) < 4.78 is 2.18. The summed E-state index contributed by atoms with van der Waals surface area (Å²) >= 11 is 0. The van der Waals surface area contributed by atoms with Gasteiger partial charge < -0.3 is 14.8 Å². The van der Waals surface area contributed by atoms with E-state index >= 15 is 0 Å². The first kappa shape index (κ1) is 12.7. The van der Waals surface area contributed by atoms with Crippen LogP contribution in [0.5, 0.6) is 0 Å². The SMILES string of the molecule is CN(C(=O)c1cccn1C1CCC1)C1CCCNC1. The second kappa shape index (κ2) is 5.37. The first-order chi connectivity index (χ1) is 9.27. The largest absolute Gasteiger partial charge is 0.340 e. The smallest absolute Gasteiger partial charge is 0.270 e. The number of carbonyl (C=O) groups is 1. The molecule has 104 valence electrons. The molecule has 19 heavy (non-hydrogen) atoms. The minimum Gasteiger partial charge on any atom is -0.340 e. The van der Waals surface area contributed by atoms with E-state index in [1.807, 2.05) is 24.1 Å². The Bertz CT molecular complexity index is 444. The Balaban J connectivity index is 1.73.